The van der Waals surface area contributed by atoms with Crippen molar-refractivity contribution in [1.82, 2.24) is 5.16 Å². The van der Waals surface area contributed by atoms with E-state index in [0.717, 1.165) is 25.1 Å². The Bertz CT molecular complexity index is 277. The number of nitrogen functional groups attached to an aromatic ring is 1. The van der Waals surface area contributed by atoms with Gasteiger partial charge in [0, 0.05) is 6.61 Å². The molecule has 1 saturated heterocycles. The lowest BCUT2D eigenvalue weighted by atomic mass is 10.1. The molecule has 0 radical (unpaired) electrons. The molecule has 66 valence electrons. The highest BCUT2D eigenvalue weighted by Gasteiger charge is 2.24. The largest absolute Gasteiger partial charge is 0.394 e. The summed E-state index contributed by atoms with van der Waals surface area (Å²) in [4.78, 5) is 0. The second kappa shape index (κ2) is 2.79. The van der Waals surface area contributed by atoms with Crippen LogP contribution < -0.4 is 5.73 Å². The lowest BCUT2D eigenvalue weighted by Crippen LogP contribution is -1.98. The molecule has 12 heavy (non-hydrogen) atoms. The third kappa shape index (κ3) is 1.08. The summed E-state index contributed by atoms with van der Waals surface area (Å²) >= 11 is 0. The number of ether oxygens (including phenoxy) is 1. The molecule has 2 heterocycles. The van der Waals surface area contributed by atoms with Crippen molar-refractivity contribution in [1.29, 1.82) is 0 Å². The quantitative estimate of drug-likeness (QED) is 0.688. The van der Waals surface area contributed by atoms with Crippen LogP contribution in [0.25, 0.3) is 0 Å². The first-order valence-electron chi connectivity index (χ1n) is 4.12. The number of hydrogen-bond donors (Lipinski definition) is 1. The molecule has 2 N–H and O–H groups in total. The normalized spacial score (nSPS) is 23.2. The molecule has 4 heteroatoms. The maximum atomic E-state index is 5.75. The summed E-state index contributed by atoms with van der Waals surface area (Å²) in [5.74, 6) is 0.699. The molecule has 0 spiro atoms. The van der Waals surface area contributed by atoms with E-state index < -0.39 is 0 Å². The van der Waals surface area contributed by atoms with Crippen LogP contribution in [0.3, 0.4) is 0 Å². The molecule has 0 amide bonds. The van der Waals surface area contributed by atoms with E-state index in [-0.39, 0.29) is 6.10 Å². The molecule has 0 bridgehead atoms. The number of nitrogens with two attached hydrogens (primary N) is 1. The topological polar surface area (TPSA) is 61.3 Å². The first kappa shape index (κ1) is 7.61. The molecular formula is C8H12N2O2. The smallest absolute Gasteiger partial charge is 0.188 e. The predicted molar refractivity (Wildman–Crippen MR) is 43.6 cm³/mol. The molecule has 1 aliphatic heterocycles. The van der Waals surface area contributed by atoms with E-state index in [1.807, 2.05) is 6.92 Å². The first-order chi connectivity index (χ1) is 5.79. The van der Waals surface area contributed by atoms with Crippen molar-refractivity contribution in [2.75, 3.05) is 12.3 Å². The summed E-state index contributed by atoms with van der Waals surface area (Å²) in [6.07, 6.45) is 2.09. The molecule has 0 aromatic carbocycles. The van der Waals surface area contributed by atoms with Crippen LogP contribution in [0, 0.1) is 6.92 Å². The summed E-state index contributed by atoms with van der Waals surface area (Å²) in [7, 11) is 0. The maximum Gasteiger partial charge on any atom is 0.188 e. The van der Waals surface area contributed by atoms with Gasteiger partial charge in [-0.05, 0) is 19.8 Å². The van der Waals surface area contributed by atoms with E-state index in [4.69, 9.17) is 15.0 Å². The zero-order chi connectivity index (χ0) is 8.55. The van der Waals surface area contributed by atoms with E-state index in [9.17, 15) is 0 Å². The Hall–Kier alpha value is -1.03. The number of hydrogen-bond acceptors (Lipinski definition) is 4. The standard InChI is InChI=1S/C8H12N2O2/c1-5-7(9)8(12-10-5)6-3-2-4-11-6/h6H,2-4,9H2,1H3. The fraction of sp³-hybridized carbons (Fsp3) is 0.625. The van der Waals surface area contributed by atoms with Crippen molar-refractivity contribution in [2.24, 2.45) is 0 Å². The van der Waals surface area contributed by atoms with Gasteiger partial charge in [0.1, 0.15) is 17.5 Å². The highest BCUT2D eigenvalue weighted by atomic mass is 16.5. The third-order valence-corrected chi connectivity index (χ3v) is 2.16. The van der Waals surface area contributed by atoms with E-state index in [2.05, 4.69) is 5.16 Å². The molecular weight excluding hydrogens is 156 g/mol. The van der Waals surface area contributed by atoms with Crippen LogP contribution in [0.5, 0.6) is 0 Å². The van der Waals surface area contributed by atoms with Crippen molar-refractivity contribution in [2.45, 2.75) is 25.9 Å². The molecule has 2 rings (SSSR count). The van der Waals surface area contributed by atoms with Crippen molar-refractivity contribution in [3.63, 3.8) is 0 Å². The Morgan fingerprint density at radius 1 is 1.58 bits per heavy atom. The number of aromatic nitrogens is 1. The zero-order valence-electron chi connectivity index (χ0n) is 7.04. The summed E-state index contributed by atoms with van der Waals surface area (Å²) in [6.45, 7) is 2.63. The van der Waals surface area contributed by atoms with Crippen molar-refractivity contribution >= 4 is 5.69 Å². The fourth-order valence-corrected chi connectivity index (χ4v) is 1.41. The van der Waals surface area contributed by atoms with Gasteiger partial charge in [-0.3, -0.25) is 0 Å². The van der Waals surface area contributed by atoms with Gasteiger partial charge in [-0.25, -0.2) is 0 Å². The van der Waals surface area contributed by atoms with Crippen molar-refractivity contribution in [3.05, 3.63) is 11.5 Å². The van der Waals surface area contributed by atoms with E-state index in [0.29, 0.717) is 11.4 Å². The lowest BCUT2D eigenvalue weighted by Gasteiger charge is -2.04. The SMILES string of the molecule is Cc1noc(C2CCCO2)c1N. The highest BCUT2D eigenvalue weighted by Crippen LogP contribution is 2.33. The molecule has 1 aliphatic rings. The average Bonchev–Trinajstić information content (AvgIpc) is 2.64. The molecule has 1 aromatic rings. The van der Waals surface area contributed by atoms with E-state index >= 15 is 0 Å². The van der Waals surface area contributed by atoms with Gasteiger partial charge in [-0.1, -0.05) is 5.16 Å². The molecule has 0 aliphatic carbocycles. The fourth-order valence-electron chi connectivity index (χ4n) is 1.41. The minimum absolute atomic E-state index is 0.0335. The van der Waals surface area contributed by atoms with E-state index in [1.54, 1.807) is 0 Å². The molecule has 4 nitrogen and oxygen atoms in total. The predicted octanol–water partition coefficient (Wildman–Crippen LogP) is 1.42. The molecule has 0 saturated carbocycles. The Balaban J connectivity index is 2.26. The summed E-state index contributed by atoms with van der Waals surface area (Å²) < 4.78 is 10.5. The Kier molecular flexibility index (Phi) is 1.77. The number of nitrogens with zero attached hydrogens (tertiary/aromatic N) is 1. The second-order valence-electron chi connectivity index (χ2n) is 3.05. The minimum Gasteiger partial charge on any atom is -0.394 e. The van der Waals surface area contributed by atoms with Gasteiger partial charge in [-0.2, -0.15) is 0 Å². The van der Waals surface area contributed by atoms with Gasteiger partial charge >= 0.3 is 0 Å². The molecule has 1 unspecified atom stereocenters. The highest BCUT2D eigenvalue weighted by molar-refractivity contribution is 5.46. The average molecular weight is 168 g/mol. The van der Waals surface area contributed by atoms with E-state index in [1.165, 1.54) is 0 Å². The van der Waals surface area contributed by atoms with Crippen LogP contribution >= 0.6 is 0 Å². The van der Waals surface area contributed by atoms with Gasteiger partial charge < -0.3 is 15.0 Å². The third-order valence-electron chi connectivity index (χ3n) is 2.16. The lowest BCUT2D eigenvalue weighted by molar-refractivity contribution is 0.0884. The van der Waals surface area contributed by atoms with Gasteiger partial charge in [-0.15, -0.1) is 0 Å². The molecule has 1 fully saturated rings. The van der Waals surface area contributed by atoms with Crippen LogP contribution in [0.15, 0.2) is 4.52 Å². The van der Waals surface area contributed by atoms with Crippen LogP contribution in [-0.4, -0.2) is 11.8 Å². The summed E-state index contributed by atoms with van der Waals surface area (Å²) in [5.41, 5.74) is 7.14. The Morgan fingerprint density at radius 3 is 2.92 bits per heavy atom. The minimum atomic E-state index is 0.0335. The van der Waals surface area contributed by atoms with Crippen LogP contribution in [-0.2, 0) is 4.74 Å². The van der Waals surface area contributed by atoms with Crippen molar-refractivity contribution < 1.29 is 9.26 Å². The number of aryl methyl sites for hydroxylation is 1. The zero-order valence-corrected chi connectivity index (χ0v) is 7.04. The van der Waals surface area contributed by atoms with Gasteiger partial charge in [0.25, 0.3) is 0 Å². The number of rotatable bonds is 1. The molecule has 1 aromatic heterocycles. The Morgan fingerprint density at radius 2 is 2.42 bits per heavy atom. The van der Waals surface area contributed by atoms with Gasteiger partial charge in [0.05, 0.1) is 0 Å². The number of anilines is 1. The first-order valence-corrected chi connectivity index (χ1v) is 4.12. The van der Waals surface area contributed by atoms with Crippen molar-refractivity contribution in [3.8, 4) is 0 Å². The summed E-state index contributed by atoms with van der Waals surface area (Å²) in [6, 6.07) is 0. The summed E-state index contributed by atoms with van der Waals surface area (Å²) in [5, 5.41) is 3.78. The second-order valence-corrected chi connectivity index (χ2v) is 3.05. The molecule has 1 atom stereocenters. The van der Waals surface area contributed by atoms with Gasteiger partial charge in [0.15, 0.2) is 5.76 Å². The van der Waals surface area contributed by atoms with Gasteiger partial charge in [0.2, 0.25) is 0 Å². The van der Waals surface area contributed by atoms with Crippen LogP contribution in [0.1, 0.15) is 30.4 Å². The van der Waals surface area contributed by atoms with Crippen LogP contribution in [0.4, 0.5) is 5.69 Å². The Labute approximate surface area is 70.7 Å². The maximum absolute atomic E-state index is 5.75. The van der Waals surface area contributed by atoms with Crippen LogP contribution in [0.2, 0.25) is 0 Å². The monoisotopic (exact) mass is 168 g/mol.